The Balaban J connectivity index is 1.33. The molecular weight excluding hydrogens is 512 g/mol. The molecule has 0 aliphatic carbocycles. The summed E-state index contributed by atoms with van der Waals surface area (Å²) in [7, 11) is 0. The second-order valence-electron chi connectivity index (χ2n) is 10.7. The van der Waals surface area contributed by atoms with Gasteiger partial charge in [-0.2, -0.15) is 0 Å². The maximum absolute atomic E-state index is 4.80. The van der Waals surface area contributed by atoms with Gasteiger partial charge >= 0.3 is 0 Å². The second-order valence-corrected chi connectivity index (χ2v) is 10.7. The van der Waals surface area contributed by atoms with Gasteiger partial charge in [0.2, 0.25) is 0 Å². The molecule has 0 spiro atoms. The van der Waals surface area contributed by atoms with Crippen molar-refractivity contribution in [1.29, 1.82) is 0 Å². The fourth-order valence-electron chi connectivity index (χ4n) is 6.50. The molecule has 196 valence electrons. The molecule has 0 bridgehead atoms. The predicted octanol–water partition coefficient (Wildman–Crippen LogP) is 9.49. The molecular formula is C38H24N4. The molecule has 0 aliphatic heterocycles. The smallest absolute Gasteiger partial charge is 0.0887 e. The van der Waals surface area contributed by atoms with Crippen molar-refractivity contribution in [3.05, 3.63) is 146 Å². The maximum atomic E-state index is 4.80. The van der Waals surface area contributed by atoms with Crippen molar-refractivity contribution >= 4 is 54.4 Å². The quantitative estimate of drug-likeness (QED) is 0.225. The zero-order valence-corrected chi connectivity index (χ0v) is 22.6. The molecule has 0 N–H and O–H groups in total. The van der Waals surface area contributed by atoms with Gasteiger partial charge in [-0.3, -0.25) is 9.97 Å². The molecule has 4 heteroatoms. The lowest BCUT2D eigenvalue weighted by Crippen LogP contribution is -1.96. The van der Waals surface area contributed by atoms with Gasteiger partial charge in [0, 0.05) is 33.4 Å². The summed E-state index contributed by atoms with van der Waals surface area (Å²) >= 11 is 0. The molecule has 0 aliphatic rings. The van der Waals surface area contributed by atoms with Crippen LogP contribution in [0.15, 0.2) is 146 Å². The van der Waals surface area contributed by atoms with Gasteiger partial charge in [-0.1, -0.05) is 60.7 Å². The van der Waals surface area contributed by atoms with Crippen LogP contribution in [0.2, 0.25) is 0 Å². The zero-order valence-electron chi connectivity index (χ0n) is 22.6. The number of aromatic nitrogens is 4. The van der Waals surface area contributed by atoms with Gasteiger partial charge in [0.25, 0.3) is 0 Å². The molecule has 5 aromatic carbocycles. The van der Waals surface area contributed by atoms with E-state index >= 15 is 0 Å². The van der Waals surface area contributed by atoms with E-state index in [4.69, 9.17) is 4.98 Å². The summed E-state index contributed by atoms with van der Waals surface area (Å²) in [4.78, 5) is 9.28. The normalized spacial score (nSPS) is 11.8. The van der Waals surface area contributed by atoms with E-state index in [2.05, 4.69) is 129 Å². The molecule has 0 saturated carbocycles. The first-order valence-corrected chi connectivity index (χ1v) is 14.2. The first kappa shape index (κ1) is 23.0. The van der Waals surface area contributed by atoms with E-state index in [1.54, 1.807) is 6.20 Å². The highest BCUT2D eigenvalue weighted by Gasteiger charge is 2.17. The van der Waals surface area contributed by atoms with Crippen molar-refractivity contribution in [1.82, 2.24) is 19.1 Å². The van der Waals surface area contributed by atoms with Crippen LogP contribution in [0.4, 0.5) is 0 Å². The van der Waals surface area contributed by atoms with E-state index in [-0.39, 0.29) is 0 Å². The lowest BCUT2D eigenvalue weighted by molar-refractivity contribution is 1.14. The monoisotopic (exact) mass is 536 g/mol. The van der Waals surface area contributed by atoms with Crippen LogP contribution < -0.4 is 0 Å². The van der Waals surface area contributed by atoms with Gasteiger partial charge < -0.3 is 9.13 Å². The van der Waals surface area contributed by atoms with Crippen molar-refractivity contribution in [2.24, 2.45) is 0 Å². The number of para-hydroxylation sites is 3. The number of benzene rings is 5. The Morgan fingerprint density at radius 1 is 0.381 bits per heavy atom. The highest BCUT2D eigenvalue weighted by atomic mass is 15.0. The Kier molecular flexibility index (Phi) is 4.87. The SMILES string of the molecule is c1ccc(-n2c3ccccc3c3cc4cc5c6ccccc6n(-c6ccc(-c7ccccn7)nc6)c5cc4cc32)cc1. The first-order chi connectivity index (χ1) is 20.8. The van der Waals surface area contributed by atoms with Crippen LogP contribution in [0, 0.1) is 0 Å². The molecule has 4 heterocycles. The Bertz CT molecular complexity index is 2430. The van der Waals surface area contributed by atoms with E-state index in [1.165, 1.54) is 48.9 Å². The molecule has 0 radical (unpaired) electrons. The van der Waals surface area contributed by atoms with E-state index < -0.39 is 0 Å². The van der Waals surface area contributed by atoms with Gasteiger partial charge in [-0.05, 0) is 83.6 Å². The fourth-order valence-corrected chi connectivity index (χ4v) is 6.50. The molecule has 4 aromatic heterocycles. The highest BCUT2D eigenvalue weighted by molar-refractivity contribution is 6.18. The van der Waals surface area contributed by atoms with Gasteiger partial charge in [0.1, 0.15) is 0 Å². The Morgan fingerprint density at radius 3 is 1.57 bits per heavy atom. The van der Waals surface area contributed by atoms with Gasteiger partial charge in [-0.25, -0.2) is 0 Å². The third kappa shape index (κ3) is 3.36. The zero-order chi connectivity index (χ0) is 27.6. The summed E-state index contributed by atoms with van der Waals surface area (Å²) in [5, 5.41) is 7.43. The Labute approximate surface area is 241 Å². The van der Waals surface area contributed by atoms with Gasteiger partial charge in [-0.15, -0.1) is 0 Å². The number of nitrogens with zero attached hydrogens (tertiary/aromatic N) is 4. The lowest BCUT2D eigenvalue weighted by Gasteiger charge is -2.10. The third-order valence-electron chi connectivity index (χ3n) is 8.37. The third-order valence-corrected chi connectivity index (χ3v) is 8.37. The largest absolute Gasteiger partial charge is 0.309 e. The number of pyridine rings is 2. The fraction of sp³-hybridized carbons (Fsp3) is 0. The van der Waals surface area contributed by atoms with Crippen LogP contribution in [-0.4, -0.2) is 19.1 Å². The van der Waals surface area contributed by atoms with Crippen molar-refractivity contribution < 1.29 is 0 Å². The number of hydrogen-bond donors (Lipinski definition) is 0. The molecule has 9 rings (SSSR count). The van der Waals surface area contributed by atoms with Crippen LogP contribution in [0.25, 0.3) is 77.1 Å². The van der Waals surface area contributed by atoms with Crippen LogP contribution in [0.3, 0.4) is 0 Å². The molecule has 0 atom stereocenters. The lowest BCUT2D eigenvalue weighted by atomic mass is 10.0. The molecule has 0 saturated heterocycles. The number of hydrogen-bond acceptors (Lipinski definition) is 2. The van der Waals surface area contributed by atoms with Gasteiger partial charge in [0.15, 0.2) is 0 Å². The molecule has 9 aromatic rings. The average Bonchev–Trinajstić information content (AvgIpc) is 3.55. The Morgan fingerprint density at radius 2 is 0.952 bits per heavy atom. The molecule has 42 heavy (non-hydrogen) atoms. The van der Waals surface area contributed by atoms with Crippen molar-refractivity contribution in [3.8, 4) is 22.8 Å². The summed E-state index contributed by atoms with van der Waals surface area (Å²) in [6.45, 7) is 0. The average molecular weight is 537 g/mol. The molecule has 0 amide bonds. The summed E-state index contributed by atoms with van der Waals surface area (Å²) in [6, 6.07) is 47.5. The minimum Gasteiger partial charge on any atom is -0.309 e. The number of rotatable bonds is 3. The van der Waals surface area contributed by atoms with E-state index in [1.807, 2.05) is 24.4 Å². The number of fused-ring (bicyclic) bond motifs is 7. The van der Waals surface area contributed by atoms with Crippen molar-refractivity contribution in [2.75, 3.05) is 0 Å². The van der Waals surface area contributed by atoms with Crippen LogP contribution in [0.1, 0.15) is 0 Å². The van der Waals surface area contributed by atoms with Crippen LogP contribution in [-0.2, 0) is 0 Å². The van der Waals surface area contributed by atoms with E-state index in [0.717, 1.165) is 28.3 Å². The summed E-state index contributed by atoms with van der Waals surface area (Å²) < 4.78 is 4.71. The van der Waals surface area contributed by atoms with Crippen LogP contribution in [0.5, 0.6) is 0 Å². The maximum Gasteiger partial charge on any atom is 0.0887 e. The topological polar surface area (TPSA) is 35.6 Å². The standard InChI is InChI=1S/C38H24N4/c1-2-10-27(11-3-1)41-35-15-6-4-12-29(35)31-20-25-21-32-30-13-5-7-16-36(30)42(38(32)23-26(25)22-37(31)41)28-17-18-34(40-24-28)33-14-8-9-19-39-33/h1-24H. The summed E-state index contributed by atoms with van der Waals surface area (Å²) in [6.07, 6.45) is 3.76. The van der Waals surface area contributed by atoms with E-state index in [9.17, 15) is 0 Å². The molecule has 0 unspecified atom stereocenters. The second kappa shape index (κ2) is 8.88. The predicted molar refractivity (Wildman–Crippen MR) is 174 cm³/mol. The van der Waals surface area contributed by atoms with Crippen LogP contribution >= 0.6 is 0 Å². The highest BCUT2D eigenvalue weighted by Crippen LogP contribution is 2.39. The van der Waals surface area contributed by atoms with Crippen molar-refractivity contribution in [3.63, 3.8) is 0 Å². The minimum atomic E-state index is 0.863. The Hall–Kier alpha value is -5.74. The van der Waals surface area contributed by atoms with E-state index in [0.29, 0.717) is 0 Å². The van der Waals surface area contributed by atoms with Gasteiger partial charge in [0.05, 0.1) is 45.3 Å². The summed E-state index contributed by atoms with van der Waals surface area (Å²) in [5.41, 5.74) is 8.68. The molecule has 0 fully saturated rings. The first-order valence-electron chi connectivity index (χ1n) is 14.2. The summed E-state index contributed by atoms with van der Waals surface area (Å²) in [5.74, 6) is 0. The minimum absolute atomic E-state index is 0.863. The molecule has 4 nitrogen and oxygen atoms in total. The van der Waals surface area contributed by atoms with Crippen molar-refractivity contribution in [2.45, 2.75) is 0 Å².